The predicted molar refractivity (Wildman–Crippen MR) is 96.4 cm³/mol. The summed E-state index contributed by atoms with van der Waals surface area (Å²) in [6, 6.07) is 6.78. The van der Waals surface area contributed by atoms with Gasteiger partial charge in [-0.25, -0.2) is 0 Å². The maximum absolute atomic E-state index is 3.59. The van der Waals surface area contributed by atoms with Gasteiger partial charge in [0.15, 0.2) is 0 Å². The molecule has 1 aromatic carbocycles. The summed E-state index contributed by atoms with van der Waals surface area (Å²) in [5.41, 5.74) is 4.19. The van der Waals surface area contributed by atoms with Crippen molar-refractivity contribution >= 4 is 11.4 Å². The molecule has 0 aliphatic heterocycles. The lowest BCUT2D eigenvalue weighted by Gasteiger charge is -2.27. The lowest BCUT2D eigenvalue weighted by atomic mass is 9.87. The number of hydrogen-bond donors (Lipinski definition) is 2. The van der Waals surface area contributed by atoms with E-state index in [1.807, 2.05) is 0 Å². The van der Waals surface area contributed by atoms with Crippen LogP contribution in [0.15, 0.2) is 18.2 Å². The molecular weight excluding hydrogens is 256 g/mol. The number of nitrogens with one attached hydrogen (secondary N) is 2. The Morgan fingerprint density at radius 3 is 1.33 bits per heavy atom. The second-order valence-electron chi connectivity index (χ2n) is 9.41. The minimum atomic E-state index is 0.0688. The highest BCUT2D eigenvalue weighted by Gasteiger charge is 2.16. The molecule has 0 atom stereocenters. The Hall–Kier alpha value is -1.18. The normalized spacial score (nSPS) is 13.2. The van der Waals surface area contributed by atoms with Crippen LogP contribution in [-0.2, 0) is 6.42 Å². The highest BCUT2D eigenvalue weighted by Crippen LogP contribution is 2.28. The van der Waals surface area contributed by atoms with Crippen molar-refractivity contribution in [1.82, 2.24) is 0 Å². The molecule has 1 rings (SSSR count). The van der Waals surface area contributed by atoms with Gasteiger partial charge in [0.25, 0.3) is 0 Å². The van der Waals surface area contributed by atoms with Gasteiger partial charge in [0.2, 0.25) is 0 Å². The summed E-state index contributed by atoms with van der Waals surface area (Å²) in [6.07, 6.45) is 1.07. The number of benzene rings is 1. The first-order chi connectivity index (χ1) is 9.23. The molecule has 0 unspecified atom stereocenters. The Kier molecular flexibility index (Phi) is 5.02. The van der Waals surface area contributed by atoms with Gasteiger partial charge in [-0.3, -0.25) is 0 Å². The molecule has 1 aromatic rings. The zero-order valence-electron chi connectivity index (χ0n) is 15.4. The second-order valence-corrected chi connectivity index (χ2v) is 9.41. The van der Waals surface area contributed by atoms with Gasteiger partial charge in [0, 0.05) is 22.5 Å². The maximum atomic E-state index is 3.59. The van der Waals surface area contributed by atoms with Gasteiger partial charge in [0.1, 0.15) is 0 Å². The van der Waals surface area contributed by atoms with E-state index in [4.69, 9.17) is 0 Å². The topological polar surface area (TPSA) is 24.1 Å². The molecule has 0 aromatic heterocycles. The molecule has 2 N–H and O–H groups in total. The Bertz CT molecular complexity index is 384. The van der Waals surface area contributed by atoms with E-state index in [-0.39, 0.29) is 11.1 Å². The van der Waals surface area contributed by atoms with E-state index in [0.717, 1.165) is 6.42 Å². The fraction of sp³-hybridized carbons (Fsp3) is 0.684. The molecule has 0 aliphatic rings. The molecule has 0 fully saturated rings. The number of rotatable bonds is 3. The molecule has 0 amide bonds. The fourth-order valence-corrected chi connectivity index (χ4v) is 2.42. The van der Waals surface area contributed by atoms with Gasteiger partial charge in [-0.15, -0.1) is 0 Å². The largest absolute Gasteiger partial charge is 0.380 e. The maximum Gasteiger partial charge on any atom is 0.0367 e. The summed E-state index contributed by atoms with van der Waals surface area (Å²) in [6.45, 7) is 20.0. The van der Waals surface area contributed by atoms with Crippen LogP contribution in [0.25, 0.3) is 0 Å². The summed E-state index contributed by atoms with van der Waals surface area (Å²) >= 11 is 0. The smallest absolute Gasteiger partial charge is 0.0367 e. The quantitative estimate of drug-likeness (QED) is 0.746. The first-order valence-corrected chi connectivity index (χ1v) is 7.94. The standard InChI is InChI=1S/C19H34N2/c1-17(2,3)13-14-10-15(20-18(4,5)6)12-16(11-14)21-19(7,8)9/h10-12,20-21H,13H2,1-9H3. The van der Waals surface area contributed by atoms with Crippen LogP contribution in [0, 0.1) is 5.41 Å². The Morgan fingerprint density at radius 2 is 1.05 bits per heavy atom. The van der Waals surface area contributed by atoms with Crippen molar-refractivity contribution in [2.24, 2.45) is 5.41 Å². The van der Waals surface area contributed by atoms with E-state index in [9.17, 15) is 0 Å². The van der Waals surface area contributed by atoms with Crippen LogP contribution in [0.1, 0.15) is 67.9 Å². The zero-order valence-corrected chi connectivity index (χ0v) is 15.4. The highest BCUT2D eigenvalue weighted by molar-refractivity contribution is 5.61. The Balaban J connectivity index is 3.13. The van der Waals surface area contributed by atoms with Gasteiger partial charge in [0.05, 0.1) is 0 Å². The number of hydrogen-bond acceptors (Lipinski definition) is 2. The Labute approximate surface area is 131 Å². The molecule has 0 saturated carbocycles. The third-order valence-electron chi connectivity index (χ3n) is 2.77. The number of anilines is 2. The third kappa shape index (κ3) is 7.99. The highest BCUT2D eigenvalue weighted by atomic mass is 15.0. The zero-order chi connectivity index (χ0) is 16.5. The average Bonchev–Trinajstić information content (AvgIpc) is 2.06. The minimum Gasteiger partial charge on any atom is -0.380 e. The summed E-state index contributed by atoms with van der Waals surface area (Å²) < 4.78 is 0. The summed E-state index contributed by atoms with van der Waals surface area (Å²) in [4.78, 5) is 0. The fourth-order valence-electron chi connectivity index (χ4n) is 2.42. The lowest BCUT2D eigenvalue weighted by Crippen LogP contribution is -2.28. The van der Waals surface area contributed by atoms with Gasteiger partial charge >= 0.3 is 0 Å². The van der Waals surface area contributed by atoms with Gasteiger partial charge in [-0.1, -0.05) is 20.8 Å². The van der Waals surface area contributed by atoms with E-state index in [0.29, 0.717) is 5.41 Å². The monoisotopic (exact) mass is 290 g/mol. The second kappa shape index (κ2) is 5.90. The van der Waals surface area contributed by atoms with Crippen molar-refractivity contribution in [3.05, 3.63) is 23.8 Å². The van der Waals surface area contributed by atoms with E-state index >= 15 is 0 Å². The van der Waals surface area contributed by atoms with Gasteiger partial charge in [-0.2, -0.15) is 0 Å². The van der Waals surface area contributed by atoms with Crippen molar-refractivity contribution < 1.29 is 0 Å². The van der Waals surface area contributed by atoms with Crippen molar-refractivity contribution in [2.45, 2.75) is 79.8 Å². The summed E-state index contributed by atoms with van der Waals surface area (Å²) in [5.74, 6) is 0. The molecule has 0 saturated heterocycles. The van der Waals surface area contributed by atoms with Gasteiger partial charge in [-0.05, 0) is 77.1 Å². The first kappa shape index (κ1) is 17.9. The van der Waals surface area contributed by atoms with Gasteiger partial charge < -0.3 is 10.6 Å². The molecule has 2 nitrogen and oxygen atoms in total. The predicted octanol–water partition coefficient (Wildman–Crippen LogP) is 5.70. The molecule has 0 aliphatic carbocycles. The van der Waals surface area contributed by atoms with Crippen LogP contribution < -0.4 is 10.6 Å². The molecule has 0 bridgehead atoms. The SMILES string of the molecule is CC(C)(C)Cc1cc(NC(C)(C)C)cc(NC(C)(C)C)c1. The summed E-state index contributed by atoms with van der Waals surface area (Å²) in [7, 11) is 0. The van der Waals surface area contributed by atoms with Crippen molar-refractivity contribution in [2.75, 3.05) is 10.6 Å². The Morgan fingerprint density at radius 1 is 0.667 bits per heavy atom. The average molecular weight is 290 g/mol. The third-order valence-corrected chi connectivity index (χ3v) is 2.77. The molecule has 120 valence electrons. The van der Waals surface area contributed by atoms with E-state index in [1.165, 1.54) is 16.9 Å². The molecule has 0 radical (unpaired) electrons. The van der Waals surface area contributed by atoms with Crippen LogP contribution in [0.4, 0.5) is 11.4 Å². The molecule has 2 heteroatoms. The van der Waals surface area contributed by atoms with Crippen LogP contribution in [-0.4, -0.2) is 11.1 Å². The van der Waals surface area contributed by atoms with Crippen LogP contribution in [0.5, 0.6) is 0 Å². The van der Waals surface area contributed by atoms with Crippen LogP contribution in [0.3, 0.4) is 0 Å². The van der Waals surface area contributed by atoms with Crippen LogP contribution in [0.2, 0.25) is 0 Å². The van der Waals surface area contributed by atoms with E-state index < -0.39 is 0 Å². The van der Waals surface area contributed by atoms with E-state index in [1.54, 1.807) is 0 Å². The molecule has 0 spiro atoms. The van der Waals surface area contributed by atoms with Crippen molar-refractivity contribution in [1.29, 1.82) is 0 Å². The molecule has 21 heavy (non-hydrogen) atoms. The van der Waals surface area contributed by atoms with E-state index in [2.05, 4.69) is 91.1 Å². The van der Waals surface area contributed by atoms with Crippen LogP contribution >= 0.6 is 0 Å². The molecule has 0 heterocycles. The first-order valence-electron chi connectivity index (χ1n) is 7.94. The minimum absolute atomic E-state index is 0.0688. The summed E-state index contributed by atoms with van der Waals surface area (Å²) in [5, 5.41) is 7.19. The van der Waals surface area contributed by atoms with Crippen molar-refractivity contribution in [3.63, 3.8) is 0 Å². The molecular formula is C19H34N2. The van der Waals surface area contributed by atoms with Crippen molar-refractivity contribution in [3.8, 4) is 0 Å². The lowest BCUT2D eigenvalue weighted by molar-refractivity contribution is 0.411.